The highest BCUT2D eigenvalue weighted by atomic mass is 16.2. The molecule has 1 fully saturated rings. The molecule has 0 aliphatic heterocycles. The quantitative estimate of drug-likeness (QED) is 0.784. The van der Waals surface area contributed by atoms with Crippen LogP contribution in [0.5, 0.6) is 0 Å². The minimum atomic E-state index is -0.178. The average molecular weight is 269 g/mol. The van der Waals surface area contributed by atoms with E-state index in [1.165, 1.54) is 0 Å². The van der Waals surface area contributed by atoms with Gasteiger partial charge in [-0.2, -0.15) is 0 Å². The fraction of sp³-hybridized carbons (Fsp3) is 0.857. The Bertz CT molecular complexity index is 333. The number of carbonyl (C=O) groups is 2. The molecule has 5 nitrogen and oxygen atoms in total. The number of nitrogens with one attached hydrogen (secondary N) is 1. The molecule has 2 amide bonds. The summed E-state index contributed by atoms with van der Waals surface area (Å²) < 4.78 is 0. The zero-order chi connectivity index (χ0) is 14.6. The maximum absolute atomic E-state index is 12.4. The molecule has 4 atom stereocenters. The van der Waals surface area contributed by atoms with Crippen LogP contribution in [0.1, 0.15) is 33.1 Å². The second-order valence-corrected chi connectivity index (χ2v) is 5.89. The lowest BCUT2D eigenvalue weighted by Crippen LogP contribution is -2.43. The third-order valence-electron chi connectivity index (χ3n) is 4.20. The first-order valence-corrected chi connectivity index (χ1v) is 7.09. The molecule has 0 spiro atoms. The number of amides is 2. The predicted octanol–water partition coefficient (Wildman–Crippen LogP) is 0.590. The lowest BCUT2D eigenvalue weighted by molar-refractivity contribution is -0.137. The van der Waals surface area contributed by atoms with E-state index in [1.54, 1.807) is 19.0 Å². The fourth-order valence-electron chi connectivity index (χ4n) is 2.79. The van der Waals surface area contributed by atoms with Crippen molar-refractivity contribution in [3.05, 3.63) is 0 Å². The number of hydrogen-bond donors (Lipinski definition) is 2. The van der Waals surface area contributed by atoms with E-state index in [-0.39, 0.29) is 29.7 Å². The van der Waals surface area contributed by atoms with Gasteiger partial charge < -0.3 is 16.0 Å². The second-order valence-electron chi connectivity index (χ2n) is 5.89. The molecule has 1 saturated carbocycles. The van der Waals surface area contributed by atoms with Crippen molar-refractivity contribution in [1.29, 1.82) is 0 Å². The number of nitrogens with zero attached hydrogens (tertiary/aromatic N) is 1. The largest absolute Gasteiger partial charge is 0.359 e. The molecule has 0 bridgehead atoms. The minimum Gasteiger partial charge on any atom is -0.359 e. The SMILES string of the molecule is CNC(=O)C(C)CN(C)C(=O)C1CCC(N)C(C)C1. The highest BCUT2D eigenvalue weighted by Crippen LogP contribution is 2.29. The zero-order valence-electron chi connectivity index (χ0n) is 12.5. The molecule has 5 heteroatoms. The van der Waals surface area contributed by atoms with Gasteiger partial charge >= 0.3 is 0 Å². The molecule has 0 aromatic carbocycles. The number of nitrogens with two attached hydrogens (primary N) is 1. The van der Waals surface area contributed by atoms with Crippen LogP contribution >= 0.6 is 0 Å². The van der Waals surface area contributed by atoms with Crippen LogP contribution in [0.15, 0.2) is 0 Å². The molecule has 1 aliphatic rings. The van der Waals surface area contributed by atoms with Crippen molar-refractivity contribution in [2.45, 2.75) is 39.2 Å². The van der Waals surface area contributed by atoms with Crippen molar-refractivity contribution >= 4 is 11.8 Å². The first-order valence-electron chi connectivity index (χ1n) is 7.09. The Kier molecular flexibility index (Phi) is 5.79. The van der Waals surface area contributed by atoms with Crippen LogP contribution < -0.4 is 11.1 Å². The van der Waals surface area contributed by atoms with Crippen molar-refractivity contribution in [2.75, 3.05) is 20.6 Å². The standard InChI is InChI=1S/C14H27N3O2/c1-9-7-11(5-6-12(9)15)14(19)17(4)8-10(2)13(18)16-3/h9-12H,5-8,15H2,1-4H3,(H,16,18). The Balaban J connectivity index is 2.50. The summed E-state index contributed by atoms with van der Waals surface area (Å²) in [7, 11) is 3.39. The molecule has 0 aromatic heterocycles. The summed E-state index contributed by atoms with van der Waals surface area (Å²) in [6.07, 6.45) is 2.64. The highest BCUT2D eigenvalue weighted by molar-refractivity contribution is 5.81. The van der Waals surface area contributed by atoms with Crippen molar-refractivity contribution in [3.63, 3.8) is 0 Å². The van der Waals surface area contributed by atoms with Gasteiger partial charge in [-0.25, -0.2) is 0 Å². The zero-order valence-corrected chi connectivity index (χ0v) is 12.5. The third-order valence-corrected chi connectivity index (χ3v) is 4.20. The van der Waals surface area contributed by atoms with Gasteiger partial charge in [0, 0.05) is 32.6 Å². The molecule has 1 rings (SSSR count). The van der Waals surface area contributed by atoms with E-state index >= 15 is 0 Å². The van der Waals surface area contributed by atoms with Crippen LogP contribution in [0.2, 0.25) is 0 Å². The lowest BCUT2D eigenvalue weighted by atomic mass is 9.79. The fourth-order valence-corrected chi connectivity index (χ4v) is 2.79. The van der Waals surface area contributed by atoms with Crippen LogP contribution in [0.3, 0.4) is 0 Å². The van der Waals surface area contributed by atoms with Crippen molar-refractivity contribution < 1.29 is 9.59 Å². The minimum absolute atomic E-state index is 0.0290. The molecule has 0 heterocycles. The van der Waals surface area contributed by atoms with Crippen LogP contribution in [0.4, 0.5) is 0 Å². The maximum atomic E-state index is 12.4. The van der Waals surface area contributed by atoms with Gasteiger partial charge in [-0.05, 0) is 25.2 Å². The molecule has 0 radical (unpaired) electrons. The summed E-state index contributed by atoms with van der Waals surface area (Å²) in [6, 6.07) is 0.221. The van der Waals surface area contributed by atoms with Crippen LogP contribution in [0.25, 0.3) is 0 Å². The second kappa shape index (κ2) is 6.89. The van der Waals surface area contributed by atoms with Gasteiger partial charge in [-0.15, -0.1) is 0 Å². The van der Waals surface area contributed by atoms with Crippen molar-refractivity contribution in [1.82, 2.24) is 10.2 Å². The van der Waals surface area contributed by atoms with E-state index in [0.29, 0.717) is 12.5 Å². The number of carbonyl (C=O) groups excluding carboxylic acids is 2. The smallest absolute Gasteiger partial charge is 0.225 e. The lowest BCUT2D eigenvalue weighted by Gasteiger charge is -2.33. The van der Waals surface area contributed by atoms with E-state index in [1.807, 2.05) is 6.92 Å². The topological polar surface area (TPSA) is 75.4 Å². The molecule has 19 heavy (non-hydrogen) atoms. The van der Waals surface area contributed by atoms with Gasteiger partial charge in [0.05, 0.1) is 5.92 Å². The van der Waals surface area contributed by atoms with Gasteiger partial charge in [0.25, 0.3) is 0 Å². The van der Waals surface area contributed by atoms with E-state index in [4.69, 9.17) is 5.73 Å². The number of rotatable bonds is 4. The Hall–Kier alpha value is -1.10. The summed E-state index contributed by atoms with van der Waals surface area (Å²) in [5.41, 5.74) is 5.98. The third kappa shape index (κ3) is 4.20. The summed E-state index contributed by atoms with van der Waals surface area (Å²) >= 11 is 0. The van der Waals surface area contributed by atoms with E-state index in [2.05, 4.69) is 12.2 Å². The summed E-state index contributed by atoms with van der Waals surface area (Å²) in [5.74, 6) is 0.402. The summed E-state index contributed by atoms with van der Waals surface area (Å²) in [4.78, 5) is 25.5. The Morgan fingerprint density at radius 3 is 2.58 bits per heavy atom. The van der Waals surface area contributed by atoms with Gasteiger partial charge in [-0.1, -0.05) is 13.8 Å². The first-order chi connectivity index (χ1) is 8.86. The van der Waals surface area contributed by atoms with Gasteiger partial charge in [-0.3, -0.25) is 9.59 Å². The normalized spacial score (nSPS) is 28.6. The van der Waals surface area contributed by atoms with Crippen LogP contribution in [-0.4, -0.2) is 43.4 Å². The van der Waals surface area contributed by atoms with E-state index < -0.39 is 0 Å². The van der Waals surface area contributed by atoms with Gasteiger partial charge in [0.1, 0.15) is 0 Å². The monoisotopic (exact) mass is 269 g/mol. The molecular weight excluding hydrogens is 242 g/mol. The van der Waals surface area contributed by atoms with Gasteiger partial charge in [0.2, 0.25) is 11.8 Å². The molecule has 3 N–H and O–H groups in total. The molecule has 0 saturated heterocycles. The molecule has 0 aromatic rings. The Morgan fingerprint density at radius 2 is 2.05 bits per heavy atom. The Labute approximate surface area is 115 Å². The van der Waals surface area contributed by atoms with E-state index in [0.717, 1.165) is 19.3 Å². The maximum Gasteiger partial charge on any atom is 0.225 e. The predicted molar refractivity (Wildman–Crippen MR) is 75.3 cm³/mol. The molecule has 4 unspecified atom stereocenters. The molecule has 110 valence electrons. The van der Waals surface area contributed by atoms with Crippen LogP contribution in [-0.2, 0) is 9.59 Å². The molecule has 1 aliphatic carbocycles. The highest BCUT2D eigenvalue weighted by Gasteiger charge is 2.31. The summed E-state index contributed by atoms with van der Waals surface area (Å²) in [6.45, 7) is 4.41. The average Bonchev–Trinajstić information content (AvgIpc) is 2.39. The van der Waals surface area contributed by atoms with Crippen molar-refractivity contribution in [3.8, 4) is 0 Å². The van der Waals surface area contributed by atoms with Gasteiger partial charge in [0.15, 0.2) is 0 Å². The number of hydrogen-bond acceptors (Lipinski definition) is 3. The van der Waals surface area contributed by atoms with Crippen molar-refractivity contribution in [2.24, 2.45) is 23.5 Å². The Morgan fingerprint density at radius 1 is 1.42 bits per heavy atom. The van der Waals surface area contributed by atoms with Crippen LogP contribution in [0, 0.1) is 17.8 Å². The molecular formula is C14H27N3O2. The first kappa shape index (κ1) is 16.0. The van der Waals surface area contributed by atoms with E-state index in [9.17, 15) is 9.59 Å². The summed E-state index contributed by atoms with van der Waals surface area (Å²) in [5, 5.41) is 2.61.